The molecule has 1 saturated heterocycles. The van der Waals surface area contributed by atoms with Crippen LogP contribution < -0.4 is 4.90 Å². The molecule has 2 aromatic rings. The SMILES string of the molecule is OC(c1ccccc1)[C@@H]1c2ccccc2N2CCC[C@H]12. The number of nitrogens with zero attached hydrogens (tertiary/aromatic N) is 1. The fourth-order valence-corrected chi connectivity index (χ4v) is 3.94. The minimum absolute atomic E-state index is 0.205. The van der Waals surface area contributed by atoms with Gasteiger partial charge < -0.3 is 10.0 Å². The Morgan fingerprint density at radius 1 is 1.00 bits per heavy atom. The fourth-order valence-electron chi connectivity index (χ4n) is 3.94. The lowest BCUT2D eigenvalue weighted by Gasteiger charge is -2.26. The summed E-state index contributed by atoms with van der Waals surface area (Å²) >= 11 is 0. The average Bonchev–Trinajstić information content (AvgIpc) is 3.08. The zero-order valence-electron chi connectivity index (χ0n) is 11.4. The zero-order chi connectivity index (χ0) is 13.5. The van der Waals surface area contributed by atoms with Crippen LogP contribution in [0.1, 0.15) is 36.0 Å². The summed E-state index contributed by atoms with van der Waals surface area (Å²) in [4.78, 5) is 2.49. The molecule has 2 aliphatic heterocycles. The van der Waals surface area contributed by atoms with Crippen molar-refractivity contribution in [2.24, 2.45) is 0 Å². The quantitative estimate of drug-likeness (QED) is 0.898. The zero-order valence-corrected chi connectivity index (χ0v) is 11.4. The second kappa shape index (κ2) is 4.64. The monoisotopic (exact) mass is 265 g/mol. The highest BCUT2D eigenvalue weighted by molar-refractivity contribution is 5.63. The van der Waals surface area contributed by atoms with Crippen molar-refractivity contribution in [3.63, 3.8) is 0 Å². The van der Waals surface area contributed by atoms with Gasteiger partial charge in [-0.25, -0.2) is 0 Å². The van der Waals surface area contributed by atoms with Gasteiger partial charge in [0, 0.05) is 24.2 Å². The molecule has 0 aliphatic carbocycles. The first-order valence-electron chi connectivity index (χ1n) is 7.45. The maximum Gasteiger partial charge on any atom is 0.0879 e. The van der Waals surface area contributed by atoms with Gasteiger partial charge in [0.25, 0.3) is 0 Å². The van der Waals surface area contributed by atoms with Crippen molar-refractivity contribution in [3.8, 4) is 0 Å². The molecule has 0 spiro atoms. The maximum absolute atomic E-state index is 10.9. The molecule has 0 bridgehead atoms. The Morgan fingerprint density at radius 3 is 2.60 bits per heavy atom. The van der Waals surface area contributed by atoms with E-state index >= 15 is 0 Å². The van der Waals surface area contributed by atoms with Gasteiger partial charge in [-0.15, -0.1) is 0 Å². The van der Waals surface area contributed by atoms with Crippen LogP contribution in [0.15, 0.2) is 54.6 Å². The van der Waals surface area contributed by atoms with Gasteiger partial charge in [0.1, 0.15) is 0 Å². The number of benzene rings is 2. The van der Waals surface area contributed by atoms with Crippen molar-refractivity contribution >= 4 is 5.69 Å². The lowest BCUT2D eigenvalue weighted by atomic mass is 9.85. The largest absolute Gasteiger partial charge is 0.388 e. The summed E-state index contributed by atoms with van der Waals surface area (Å²) in [6.45, 7) is 1.12. The third kappa shape index (κ3) is 1.68. The molecule has 0 saturated carbocycles. The molecule has 1 unspecified atom stereocenters. The van der Waals surface area contributed by atoms with Crippen LogP contribution in [0.3, 0.4) is 0 Å². The third-order valence-corrected chi connectivity index (χ3v) is 4.80. The summed E-state index contributed by atoms with van der Waals surface area (Å²) in [6, 6.07) is 19.1. The van der Waals surface area contributed by atoms with Gasteiger partial charge in [-0.05, 0) is 30.0 Å². The van der Waals surface area contributed by atoms with E-state index < -0.39 is 6.10 Å². The van der Waals surface area contributed by atoms with Gasteiger partial charge in [-0.1, -0.05) is 48.5 Å². The molecular formula is C18H19NO. The molecule has 0 radical (unpaired) electrons. The van der Waals surface area contributed by atoms with Gasteiger partial charge in [0.2, 0.25) is 0 Å². The van der Waals surface area contributed by atoms with Crippen LogP contribution in [0.25, 0.3) is 0 Å². The molecule has 2 nitrogen and oxygen atoms in total. The Morgan fingerprint density at radius 2 is 1.75 bits per heavy atom. The minimum atomic E-state index is -0.412. The van der Waals surface area contributed by atoms with Crippen molar-refractivity contribution in [1.82, 2.24) is 0 Å². The average molecular weight is 265 g/mol. The molecule has 2 aromatic carbocycles. The minimum Gasteiger partial charge on any atom is -0.388 e. The normalized spacial score (nSPS) is 25.4. The van der Waals surface area contributed by atoms with Crippen LogP contribution in [0.4, 0.5) is 5.69 Å². The van der Waals surface area contributed by atoms with Crippen molar-refractivity contribution in [3.05, 3.63) is 65.7 Å². The molecule has 102 valence electrons. The van der Waals surface area contributed by atoms with Crippen molar-refractivity contribution in [1.29, 1.82) is 0 Å². The van der Waals surface area contributed by atoms with Crippen molar-refractivity contribution in [2.45, 2.75) is 30.9 Å². The Balaban J connectivity index is 1.77. The Kier molecular flexibility index (Phi) is 2.78. The van der Waals surface area contributed by atoms with E-state index in [1.54, 1.807) is 0 Å². The Labute approximate surface area is 119 Å². The van der Waals surface area contributed by atoms with E-state index in [0.29, 0.717) is 6.04 Å². The number of para-hydroxylation sites is 1. The number of fused-ring (bicyclic) bond motifs is 3. The van der Waals surface area contributed by atoms with Gasteiger partial charge in [0.15, 0.2) is 0 Å². The summed E-state index contributed by atoms with van der Waals surface area (Å²) < 4.78 is 0. The fraction of sp³-hybridized carbons (Fsp3) is 0.333. The molecule has 1 N–H and O–H groups in total. The standard InChI is InChI=1S/C18H19NO/c20-18(13-7-2-1-3-8-13)17-14-9-4-5-10-15(14)19-12-6-11-16(17)19/h1-5,7-10,16-18,20H,6,11-12H2/t16-,17-,18?/m1/s1. The van der Waals surface area contributed by atoms with Gasteiger partial charge >= 0.3 is 0 Å². The van der Waals surface area contributed by atoms with Gasteiger partial charge in [0.05, 0.1) is 6.10 Å². The molecule has 0 amide bonds. The molecule has 2 heteroatoms. The smallest absolute Gasteiger partial charge is 0.0879 e. The maximum atomic E-state index is 10.9. The van der Waals surface area contributed by atoms with E-state index in [0.717, 1.165) is 12.1 Å². The van der Waals surface area contributed by atoms with E-state index in [1.165, 1.54) is 24.1 Å². The second-order valence-electron chi connectivity index (χ2n) is 5.84. The van der Waals surface area contributed by atoms with Gasteiger partial charge in [-0.2, -0.15) is 0 Å². The van der Waals surface area contributed by atoms with E-state index in [-0.39, 0.29) is 5.92 Å². The van der Waals surface area contributed by atoms with E-state index in [4.69, 9.17) is 0 Å². The van der Waals surface area contributed by atoms with E-state index in [2.05, 4.69) is 29.2 Å². The first-order chi connectivity index (χ1) is 9.86. The first-order valence-corrected chi connectivity index (χ1v) is 7.45. The molecule has 4 rings (SSSR count). The summed E-state index contributed by atoms with van der Waals surface area (Å²) in [5.74, 6) is 0.205. The number of hydrogen-bond acceptors (Lipinski definition) is 2. The predicted octanol–water partition coefficient (Wildman–Crippen LogP) is 3.49. The summed E-state index contributed by atoms with van der Waals surface area (Å²) in [5.41, 5.74) is 3.67. The topological polar surface area (TPSA) is 23.5 Å². The highest BCUT2D eigenvalue weighted by Crippen LogP contribution is 2.50. The molecule has 0 aromatic heterocycles. The van der Waals surface area contributed by atoms with Gasteiger partial charge in [-0.3, -0.25) is 0 Å². The van der Waals surface area contributed by atoms with Crippen LogP contribution in [-0.4, -0.2) is 17.7 Å². The molecule has 1 fully saturated rings. The first kappa shape index (κ1) is 12.0. The number of anilines is 1. The molecule has 20 heavy (non-hydrogen) atoms. The Bertz CT molecular complexity index is 610. The third-order valence-electron chi connectivity index (χ3n) is 4.80. The molecule has 3 atom stereocenters. The lowest BCUT2D eigenvalue weighted by molar-refractivity contribution is 0.137. The van der Waals surface area contributed by atoms with Crippen LogP contribution >= 0.6 is 0 Å². The molecule has 2 heterocycles. The van der Waals surface area contributed by atoms with E-state index in [1.807, 2.05) is 30.3 Å². The summed E-state index contributed by atoms with van der Waals surface area (Å²) in [7, 11) is 0. The highest BCUT2D eigenvalue weighted by atomic mass is 16.3. The summed E-state index contributed by atoms with van der Waals surface area (Å²) in [5, 5.41) is 10.9. The van der Waals surface area contributed by atoms with Crippen molar-refractivity contribution in [2.75, 3.05) is 11.4 Å². The number of aliphatic hydroxyl groups is 1. The number of hydrogen-bond donors (Lipinski definition) is 1. The summed E-state index contributed by atoms with van der Waals surface area (Å²) in [6.07, 6.45) is 2.01. The number of rotatable bonds is 2. The van der Waals surface area contributed by atoms with Crippen LogP contribution in [-0.2, 0) is 0 Å². The van der Waals surface area contributed by atoms with Crippen LogP contribution in [0.5, 0.6) is 0 Å². The Hall–Kier alpha value is -1.80. The van der Waals surface area contributed by atoms with Crippen LogP contribution in [0.2, 0.25) is 0 Å². The molecule has 2 aliphatic rings. The second-order valence-corrected chi connectivity index (χ2v) is 5.84. The highest BCUT2D eigenvalue weighted by Gasteiger charge is 2.44. The van der Waals surface area contributed by atoms with E-state index in [9.17, 15) is 5.11 Å². The predicted molar refractivity (Wildman–Crippen MR) is 81.0 cm³/mol. The van der Waals surface area contributed by atoms with Crippen LogP contribution in [0, 0.1) is 0 Å². The number of aliphatic hydroxyl groups excluding tert-OH is 1. The van der Waals surface area contributed by atoms with Crippen molar-refractivity contribution < 1.29 is 5.11 Å². The molecular weight excluding hydrogens is 246 g/mol. The lowest BCUT2D eigenvalue weighted by Crippen LogP contribution is -2.30.